The average Bonchev–Trinajstić information content (AvgIpc) is 2.13. The monoisotopic (exact) mass is 167 g/mol. The van der Waals surface area contributed by atoms with Gasteiger partial charge in [0.15, 0.2) is 0 Å². The second kappa shape index (κ2) is 5.58. The molecule has 0 amide bonds. The van der Waals surface area contributed by atoms with Crippen molar-refractivity contribution < 1.29 is 4.74 Å². The van der Waals surface area contributed by atoms with Crippen molar-refractivity contribution >= 4 is 0 Å². The summed E-state index contributed by atoms with van der Waals surface area (Å²) in [5.74, 6) is 0.910. The molecule has 0 aliphatic carbocycles. The highest BCUT2D eigenvalue weighted by Gasteiger charge is 1.96. The predicted molar refractivity (Wildman–Crippen MR) is 51.6 cm³/mol. The Bertz CT molecular complexity index is 233. The third-order valence-electron chi connectivity index (χ3n) is 1.41. The Hall–Kier alpha value is -1.05. The van der Waals surface area contributed by atoms with Crippen LogP contribution in [0.15, 0.2) is 12.3 Å². The van der Waals surface area contributed by atoms with Crippen molar-refractivity contribution in [3.8, 4) is 5.75 Å². The number of hydrogen-bond donors (Lipinski definition) is 0. The van der Waals surface area contributed by atoms with Crippen molar-refractivity contribution in [2.75, 3.05) is 7.11 Å². The van der Waals surface area contributed by atoms with Gasteiger partial charge in [-0.2, -0.15) is 0 Å². The second-order valence-corrected chi connectivity index (χ2v) is 2.30. The summed E-state index contributed by atoms with van der Waals surface area (Å²) in [6.45, 7) is 7.92. The first-order valence-electron chi connectivity index (χ1n) is 4.21. The van der Waals surface area contributed by atoms with E-state index in [-0.39, 0.29) is 0 Å². The fourth-order valence-electron chi connectivity index (χ4n) is 0.823. The maximum atomic E-state index is 5.09. The molecule has 0 fully saturated rings. The molecule has 0 spiro atoms. The molecule has 1 aromatic rings. The van der Waals surface area contributed by atoms with E-state index < -0.39 is 0 Å². The van der Waals surface area contributed by atoms with Gasteiger partial charge in [-0.25, -0.2) is 0 Å². The maximum Gasteiger partial charge on any atom is 0.125 e. The first-order valence-corrected chi connectivity index (χ1v) is 4.21. The summed E-state index contributed by atoms with van der Waals surface area (Å²) in [4.78, 5) is 4.11. The molecule has 0 saturated carbocycles. The fourth-order valence-corrected chi connectivity index (χ4v) is 0.823. The molecular formula is C10H17NO. The lowest BCUT2D eigenvalue weighted by molar-refractivity contribution is 0.410. The molecule has 0 bridgehead atoms. The van der Waals surface area contributed by atoms with Crippen LogP contribution in [0.25, 0.3) is 0 Å². The van der Waals surface area contributed by atoms with E-state index in [1.807, 2.05) is 40.0 Å². The quantitative estimate of drug-likeness (QED) is 0.641. The molecule has 1 rings (SSSR count). The van der Waals surface area contributed by atoms with Gasteiger partial charge in [-0.15, -0.1) is 0 Å². The van der Waals surface area contributed by atoms with Crippen molar-refractivity contribution in [1.29, 1.82) is 0 Å². The molecule has 0 N–H and O–H groups in total. The normalized spacial score (nSPS) is 8.42. The fraction of sp³-hybridized carbons (Fsp3) is 0.500. The van der Waals surface area contributed by atoms with Crippen LogP contribution < -0.4 is 4.74 Å². The highest BCUT2D eigenvalue weighted by molar-refractivity contribution is 5.31. The molecule has 12 heavy (non-hydrogen) atoms. The summed E-state index contributed by atoms with van der Waals surface area (Å²) in [6.07, 6.45) is 1.81. The summed E-state index contributed by atoms with van der Waals surface area (Å²) in [6, 6.07) is 1.93. The third-order valence-corrected chi connectivity index (χ3v) is 1.41. The molecule has 2 heteroatoms. The summed E-state index contributed by atoms with van der Waals surface area (Å²) in [5.41, 5.74) is 2.07. The van der Waals surface area contributed by atoms with Crippen LogP contribution >= 0.6 is 0 Å². The van der Waals surface area contributed by atoms with Gasteiger partial charge in [-0.1, -0.05) is 13.8 Å². The molecule has 0 radical (unpaired) electrons. The van der Waals surface area contributed by atoms with E-state index in [0.717, 1.165) is 17.0 Å². The number of methoxy groups -OCH3 is 1. The van der Waals surface area contributed by atoms with Gasteiger partial charge in [0.25, 0.3) is 0 Å². The van der Waals surface area contributed by atoms with E-state index in [0.29, 0.717) is 0 Å². The molecular weight excluding hydrogens is 150 g/mol. The zero-order valence-corrected chi connectivity index (χ0v) is 8.51. The van der Waals surface area contributed by atoms with E-state index in [1.165, 1.54) is 0 Å². The van der Waals surface area contributed by atoms with E-state index in [2.05, 4.69) is 4.98 Å². The van der Waals surface area contributed by atoms with Gasteiger partial charge in [0, 0.05) is 23.5 Å². The van der Waals surface area contributed by atoms with E-state index in [9.17, 15) is 0 Å². The summed E-state index contributed by atoms with van der Waals surface area (Å²) in [7, 11) is 1.67. The van der Waals surface area contributed by atoms with E-state index >= 15 is 0 Å². The smallest absolute Gasteiger partial charge is 0.125 e. The van der Waals surface area contributed by atoms with Gasteiger partial charge in [0.05, 0.1) is 7.11 Å². The van der Waals surface area contributed by atoms with Crippen molar-refractivity contribution in [2.24, 2.45) is 0 Å². The second-order valence-electron chi connectivity index (χ2n) is 2.30. The minimum atomic E-state index is 0.910. The minimum absolute atomic E-state index is 0.910. The van der Waals surface area contributed by atoms with Crippen LogP contribution in [-0.2, 0) is 0 Å². The Morgan fingerprint density at radius 3 is 2.25 bits per heavy atom. The van der Waals surface area contributed by atoms with Gasteiger partial charge in [-0.3, -0.25) is 4.98 Å². The third kappa shape index (κ3) is 2.91. The van der Waals surface area contributed by atoms with Crippen molar-refractivity contribution in [1.82, 2.24) is 4.98 Å². The van der Waals surface area contributed by atoms with Crippen molar-refractivity contribution in [3.63, 3.8) is 0 Å². The Labute approximate surface area is 74.6 Å². The number of ether oxygens (including phenoxy) is 1. The Morgan fingerprint density at radius 1 is 1.25 bits per heavy atom. The lowest BCUT2D eigenvalue weighted by atomic mass is 10.2. The topological polar surface area (TPSA) is 22.1 Å². The highest BCUT2D eigenvalue weighted by Crippen LogP contribution is 2.15. The number of rotatable bonds is 1. The van der Waals surface area contributed by atoms with Crippen LogP contribution in [0.4, 0.5) is 0 Å². The molecule has 0 aliphatic heterocycles. The minimum Gasteiger partial charge on any atom is -0.496 e. The van der Waals surface area contributed by atoms with E-state index in [1.54, 1.807) is 7.11 Å². The predicted octanol–water partition coefficient (Wildman–Crippen LogP) is 2.73. The molecule has 0 saturated heterocycles. The number of aryl methyl sites for hydroxylation is 2. The first-order chi connectivity index (χ1) is 5.74. The molecule has 0 aliphatic rings. The van der Waals surface area contributed by atoms with Crippen LogP contribution in [-0.4, -0.2) is 12.1 Å². The molecule has 68 valence electrons. The molecule has 1 heterocycles. The van der Waals surface area contributed by atoms with Crippen molar-refractivity contribution in [2.45, 2.75) is 27.7 Å². The van der Waals surface area contributed by atoms with Gasteiger partial charge in [0.1, 0.15) is 5.75 Å². The maximum absolute atomic E-state index is 5.09. The highest BCUT2D eigenvalue weighted by atomic mass is 16.5. The zero-order chi connectivity index (χ0) is 9.56. The van der Waals surface area contributed by atoms with E-state index in [4.69, 9.17) is 4.74 Å². The molecule has 1 aromatic heterocycles. The standard InChI is InChI=1S/C8H11NO.C2H6/c1-6-5-9-7(2)4-8(6)10-3;1-2/h4-5H,1-3H3;1-2H3. The summed E-state index contributed by atoms with van der Waals surface area (Å²) in [5, 5.41) is 0. The summed E-state index contributed by atoms with van der Waals surface area (Å²) < 4.78 is 5.09. The molecule has 0 unspecified atom stereocenters. The van der Waals surface area contributed by atoms with Crippen LogP contribution in [0.5, 0.6) is 5.75 Å². The largest absolute Gasteiger partial charge is 0.496 e. The molecule has 2 nitrogen and oxygen atoms in total. The number of aromatic nitrogens is 1. The number of nitrogens with zero attached hydrogens (tertiary/aromatic N) is 1. The Kier molecular flexibility index (Phi) is 5.09. The van der Waals surface area contributed by atoms with Crippen LogP contribution in [0.1, 0.15) is 25.1 Å². The molecule has 0 aromatic carbocycles. The Balaban J connectivity index is 0.000000561. The zero-order valence-electron chi connectivity index (χ0n) is 8.51. The average molecular weight is 167 g/mol. The van der Waals surface area contributed by atoms with Crippen LogP contribution in [0.2, 0.25) is 0 Å². The van der Waals surface area contributed by atoms with Gasteiger partial charge in [-0.05, 0) is 13.8 Å². The van der Waals surface area contributed by atoms with Crippen molar-refractivity contribution in [3.05, 3.63) is 23.5 Å². The SMILES string of the molecule is CC.COc1cc(C)ncc1C. The lowest BCUT2D eigenvalue weighted by Gasteiger charge is -2.02. The van der Waals surface area contributed by atoms with Crippen LogP contribution in [0.3, 0.4) is 0 Å². The Morgan fingerprint density at radius 2 is 1.83 bits per heavy atom. The van der Waals surface area contributed by atoms with Gasteiger partial charge >= 0.3 is 0 Å². The number of pyridine rings is 1. The lowest BCUT2D eigenvalue weighted by Crippen LogP contribution is -1.89. The number of hydrogen-bond acceptors (Lipinski definition) is 2. The first kappa shape index (κ1) is 11.0. The molecule has 0 atom stereocenters. The van der Waals surface area contributed by atoms with Crippen LogP contribution in [0, 0.1) is 13.8 Å². The van der Waals surface area contributed by atoms with Gasteiger partial charge in [0.2, 0.25) is 0 Å². The van der Waals surface area contributed by atoms with Gasteiger partial charge < -0.3 is 4.74 Å². The summed E-state index contributed by atoms with van der Waals surface area (Å²) >= 11 is 0.